The van der Waals surface area contributed by atoms with Crippen molar-refractivity contribution in [1.29, 1.82) is 0 Å². The van der Waals surface area contributed by atoms with Crippen LogP contribution in [0, 0.1) is 6.92 Å². The Morgan fingerprint density at radius 3 is 3.00 bits per heavy atom. The van der Waals surface area contributed by atoms with Gasteiger partial charge in [0.05, 0.1) is 0 Å². The van der Waals surface area contributed by atoms with E-state index < -0.39 is 0 Å². The molecule has 2 heterocycles. The van der Waals surface area contributed by atoms with Crippen molar-refractivity contribution in [2.75, 3.05) is 6.54 Å². The van der Waals surface area contributed by atoms with Crippen LogP contribution in [0.5, 0.6) is 0 Å². The first-order valence-corrected chi connectivity index (χ1v) is 6.50. The first-order valence-electron chi connectivity index (χ1n) is 6.50. The molecule has 0 saturated carbocycles. The molecule has 0 aliphatic heterocycles. The third-order valence-electron chi connectivity index (χ3n) is 3.25. The van der Waals surface area contributed by atoms with Gasteiger partial charge < -0.3 is 14.7 Å². The van der Waals surface area contributed by atoms with E-state index in [0.717, 1.165) is 22.4 Å². The van der Waals surface area contributed by atoms with Crippen molar-refractivity contribution in [3.05, 3.63) is 53.8 Å². The smallest absolute Gasteiger partial charge is 0.287 e. The van der Waals surface area contributed by atoms with Gasteiger partial charge in [0.15, 0.2) is 5.76 Å². The average Bonchev–Trinajstić information content (AvgIpc) is 3.08. The number of rotatable bonds is 4. The molecule has 0 radical (unpaired) electrons. The maximum absolute atomic E-state index is 12.1. The molecule has 1 aromatic carbocycles. The fourth-order valence-electron chi connectivity index (χ4n) is 2.20. The third kappa shape index (κ3) is 2.30. The molecule has 5 heteroatoms. The fraction of sp³-hybridized carbons (Fsp3) is 0.200. The number of aryl methyl sites for hydroxylation is 1. The van der Waals surface area contributed by atoms with Gasteiger partial charge in [-0.3, -0.25) is 4.79 Å². The van der Waals surface area contributed by atoms with Gasteiger partial charge in [-0.25, -0.2) is 4.98 Å². The van der Waals surface area contributed by atoms with E-state index in [2.05, 4.69) is 15.3 Å². The molecule has 102 valence electrons. The zero-order chi connectivity index (χ0) is 13.9. The second kappa shape index (κ2) is 5.21. The number of fused-ring (bicyclic) bond motifs is 1. The number of carbonyl (C=O) groups is 1. The minimum atomic E-state index is -0.190. The number of H-pyrrole nitrogens is 1. The molecule has 0 spiro atoms. The summed E-state index contributed by atoms with van der Waals surface area (Å²) in [6, 6.07) is 7.64. The van der Waals surface area contributed by atoms with E-state index in [1.165, 1.54) is 0 Å². The molecule has 20 heavy (non-hydrogen) atoms. The zero-order valence-corrected chi connectivity index (χ0v) is 11.1. The van der Waals surface area contributed by atoms with E-state index in [0.29, 0.717) is 18.7 Å². The Morgan fingerprint density at radius 1 is 1.40 bits per heavy atom. The summed E-state index contributed by atoms with van der Waals surface area (Å²) in [4.78, 5) is 19.2. The summed E-state index contributed by atoms with van der Waals surface area (Å²) < 4.78 is 5.61. The topological polar surface area (TPSA) is 70.9 Å². The molecule has 5 nitrogen and oxygen atoms in total. The lowest BCUT2D eigenvalue weighted by molar-refractivity contribution is 0.0927. The summed E-state index contributed by atoms with van der Waals surface area (Å²) in [6.45, 7) is 2.41. The predicted molar refractivity (Wildman–Crippen MR) is 75.6 cm³/mol. The summed E-state index contributed by atoms with van der Waals surface area (Å²) in [5.74, 6) is 1.04. The van der Waals surface area contributed by atoms with E-state index >= 15 is 0 Å². The van der Waals surface area contributed by atoms with Crippen LogP contribution in [0.1, 0.15) is 21.9 Å². The van der Waals surface area contributed by atoms with Crippen LogP contribution in [0.15, 0.2) is 41.1 Å². The van der Waals surface area contributed by atoms with E-state index in [-0.39, 0.29) is 5.91 Å². The molecule has 0 aliphatic carbocycles. The highest BCUT2D eigenvalue weighted by atomic mass is 16.3. The standard InChI is InChI=1S/C15H15N3O2/c1-10-11-4-2-3-5-12(11)20-14(10)15(19)18-7-6-13-16-8-9-17-13/h2-5,8-9H,6-7H2,1H3,(H,16,17)(H,18,19). The quantitative estimate of drug-likeness (QED) is 0.764. The van der Waals surface area contributed by atoms with Crippen molar-refractivity contribution in [3.8, 4) is 0 Å². The molecule has 3 aromatic rings. The third-order valence-corrected chi connectivity index (χ3v) is 3.25. The Morgan fingerprint density at radius 2 is 2.25 bits per heavy atom. The van der Waals surface area contributed by atoms with E-state index in [1.807, 2.05) is 31.2 Å². The number of aromatic amines is 1. The molecule has 0 saturated heterocycles. The highest BCUT2D eigenvalue weighted by molar-refractivity contribution is 5.98. The Labute approximate surface area is 116 Å². The van der Waals surface area contributed by atoms with Crippen LogP contribution >= 0.6 is 0 Å². The van der Waals surface area contributed by atoms with Crippen molar-refractivity contribution in [2.24, 2.45) is 0 Å². The average molecular weight is 269 g/mol. The number of carbonyl (C=O) groups excluding carboxylic acids is 1. The van der Waals surface area contributed by atoms with Crippen LogP contribution in [0.4, 0.5) is 0 Å². The van der Waals surface area contributed by atoms with Gasteiger partial charge >= 0.3 is 0 Å². The summed E-state index contributed by atoms with van der Waals surface area (Å²) in [5.41, 5.74) is 1.61. The van der Waals surface area contributed by atoms with Gasteiger partial charge in [-0.2, -0.15) is 0 Å². The molecule has 1 amide bonds. The second-order valence-corrected chi connectivity index (χ2v) is 4.59. The Kier molecular flexibility index (Phi) is 3.25. The van der Waals surface area contributed by atoms with E-state index in [1.54, 1.807) is 12.4 Å². The molecular weight excluding hydrogens is 254 g/mol. The van der Waals surface area contributed by atoms with Gasteiger partial charge in [0.2, 0.25) is 0 Å². The Hall–Kier alpha value is -2.56. The maximum Gasteiger partial charge on any atom is 0.287 e. The number of furan rings is 1. The largest absolute Gasteiger partial charge is 0.451 e. The van der Waals surface area contributed by atoms with Crippen LogP contribution < -0.4 is 5.32 Å². The number of nitrogens with zero attached hydrogens (tertiary/aromatic N) is 1. The van der Waals surface area contributed by atoms with E-state index in [4.69, 9.17) is 4.42 Å². The number of nitrogens with one attached hydrogen (secondary N) is 2. The van der Waals surface area contributed by atoms with Gasteiger partial charge in [0, 0.05) is 36.3 Å². The summed E-state index contributed by atoms with van der Waals surface area (Å²) >= 11 is 0. The first kappa shape index (κ1) is 12.5. The summed E-state index contributed by atoms with van der Waals surface area (Å²) in [6.07, 6.45) is 4.12. The number of benzene rings is 1. The lowest BCUT2D eigenvalue weighted by Gasteiger charge is -2.02. The van der Waals surface area contributed by atoms with Crippen molar-refractivity contribution in [1.82, 2.24) is 15.3 Å². The molecule has 0 fully saturated rings. The Balaban J connectivity index is 1.71. The lowest BCUT2D eigenvalue weighted by Crippen LogP contribution is -2.26. The number of aromatic nitrogens is 2. The normalized spacial score (nSPS) is 10.8. The summed E-state index contributed by atoms with van der Waals surface area (Å²) in [7, 11) is 0. The van der Waals surface area contributed by atoms with Crippen LogP contribution in [0.25, 0.3) is 11.0 Å². The molecule has 2 N–H and O–H groups in total. The molecule has 0 unspecified atom stereocenters. The monoisotopic (exact) mass is 269 g/mol. The van der Waals surface area contributed by atoms with Gasteiger partial charge in [-0.05, 0) is 13.0 Å². The Bertz CT molecular complexity index is 729. The molecule has 0 bridgehead atoms. The predicted octanol–water partition coefficient (Wildman–Crippen LogP) is 2.44. The van der Waals surface area contributed by atoms with Crippen molar-refractivity contribution in [3.63, 3.8) is 0 Å². The highest BCUT2D eigenvalue weighted by Gasteiger charge is 2.16. The van der Waals surface area contributed by atoms with Crippen molar-refractivity contribution in [2.45, 2.75) is 13.3 Å². The van der Waals surface area contributed by atoms with E-state index in [9.17, 15) is 4.79 Å². The second-order valence-electron chi connectivity index (χ2n) is 4.59. The number of para-hydroxylation sites is 1. The number of amides is 1. The molecule has 0 aliphatic rings. The molecular formula is C15H15N3O2. The summed E-state index contributed by atoms with van der Waals surface area (Å²) in [5, 5.41) is 3.82. The SMILES string of the molecule is Cc1c(C(=O)NCCc2ncc[nH]2)oc2ccccc12. The zero-order valence-electron chi connectivity index (χ0n) is 11.1. The minimum absolute atomic E-state index is 0.190. The van der Waals surface area contributed by atoms with Crippen LogP contribution in [0.2, 0.25) is 0 Å². The van der Waals surface area contributed by atoms with Gasteiger partial charge in [-0.1, -0.05) is 18.2 Å². The number of imidazole rings is 1. The fourth-order valence-corrected chi connectivity index (χ4v) is 2.20. The lowest BCUT2D eigenvalue weighted by atomic mass is 10.1. The molecule has 0 atom stereocenters. The van der Waals surface area contributed by atoms with Gasteiger partial charge in [0.25, 0.3) is 5.91 Å². The van der Waals surface area contributed by atoms with Crippen LogP contribution in [0.3, 0.4) is 0 Å². The number of hydrogen-bond acceptors (Lipinski definition) is 3. The first-order chi connectivity index (χ1) is 9.75. The molecule has 3 rings (SSSR count). The maximum atomic E-state index is 12.1. The van der Waals surface area contributed by atoms with Gasteiger partial charge in [0.1, 0.15) is 11.4 Å². The number of hydrogen-bond donors (Lipinski definition) is 2. The minimum Gasteiger partial charge on any atom is -0.451 e. The van der Waals surface area contributed by atoms with Gasteiger partial charge in [-0.15, -0.1) is 0 Å². The van der Waals surface area contributed by atoms with Crippen molar-refractivity contribution < 1.29 is 9.21 Å². The van der Waals surface area contributed by atoms with Crippen LogP contribution in [-0.4, -0.2) is 22.4 Å². The van der Waals surface area contributed by atoms with Crippen molar-refractivity contribution >= 4 is 16.9 Å². The highest BCUT2D eigenvalue weighted by Crippen LogP contribution is 2.24. The molecule has 2 aromatic heterocycles. The van der Waals surface area contributed by atoms with Crippen LogP contribution in [-0.2, 0) is 6.42 Å².